The lowest BCUT2D eigenvalue weighted by atomic mass is 10.1. The van der Waals surface area contributed by atoms with E-state index in [4.69, 9.17) is 0 Å². The number of piperazine rings is 1. The van der Waals surface area contributed by atoms with Gasteiger partial charge in [-0.15, -0.1) is 0 Å². The summed E-state index contributed by atoms with van der Waals surface area (Å²) in [6.07, 6.45) is 1.85. The van der Waals surface area contributed by atoms with Gasteiger partial charge in [-0.1, -0.05) is 12.1 Å². The third-order valence-corrected chi connectivity index (χ3v) is 4.71. The molecule has 1 aromatic heterocycles. The minimum absolute atomic E-state index is 0.0724. The summed E-state index contributed by atoms with van der Waals surface area (Å²) in [5, 5.41) is 2.97. The Hall–Kier alpha value is -2.60. The molecule has 0 radical (unpaired) electrons. The van der Waals surface area contributed by atoms with Crippen molar-refractivity contribution < 1.29 is 4.79 Å². The normalized spacial score (nSPS) is 15.0. The van der Waals surface area contributed by atoms with E-state index in [0.29, 0.717) is 12.1 Å². The summed E-state index contributed by atoms with van der Waals surface area (Å²) in [7, 11) is 6.07. The van der Waals surface area contributed by atoms with Crippen molar-refractivity contribution in [1.82, 2.24) is 15.2 Å². The number of carbonyl (C=O) groups is 1. The first-order chi connectivity index (χ1) is 12.5. The second-order valence-electron chi connectivity index (χ2n) is 6.94. The molecule has 138 valence electrons. The molecule has 1 saturated heterocycles. The van der Waals surface area contributed by atoms with Gasteiger partial charge in [0.25, 0.3) is 5.91 Å². The van der Waals surface area contributed by atoms with Crippen molar-refractivity contribution in [3.63, 3.8) is 0 Å². The SMILES string of the molecule is CN1CCN(c2ccc(CNC(=O)c3cccc(N(C)C)c3)cn2)CC1. The molecule has 0 atom stereocenters. The number of rotatable bonds is 5. The topological polar surface area (TPSA) is 51.7 Å². The molecule has 0 saturated carbocycles. The van der Waals surface area contributed by atoms with Gasteiger partial charge in [-0.25, -0.2) is 4.98 Å². The predicted octanol–water partition coefficient (Wildman–Crippen LogP) is 1.83. The van der Waals surface area contributed by atoms with E-state index in [9.17, 15) is 4.79 Å². The Morgan fingerprint density at radius 1 is 1.15 bits per heavy atom. The molecule has 2 aromatic rings. The van der Waals surface area contributed by atoms with Crippen molar-refractivity contribution in [1.29, 1.82) is 0 Å². The highest BCUT2D eigenvalue weighted by Gasteiger charge is 2.15. The minimum atomic E-state index is -0.0724. The second-order valence-corrected chi connectivity index (χ2v) is 6.94. The zero-order valence-corrected chi connectivity index (χ0v) is 15.8. The van der Waals surface area contributed by atoms with Crippen LogP contribution < -0.4 is 15.1 Å². The number of hydrogen-bond donors (Lipinski definition) is 1. The number of nitrogens with one attached hydrogen (secondary N) is 1. The van der Waals surface area contributed by atoms with Crippen molar-refractivity contribution in [3.05, 3.63) is 53.7 Å². The molecule has 0 spiro atoms. The molecule has 26 heavy (non-hydrogen) atoms. The average molecular weight is 353 g/mol. The maximum atomic E-state index is 12.4. The van der Waals surface area contributed by atoms with Crippen LogP contribution >= 0.6 is 0 Å². The molecule has 0 aliphatic carbocycles. The van der Waals surface area contributed by atoms with E-state index >= 15 is 0 Å². The van der Waals surface area contributed by atoms with Gasteiger partial charge in [0.1, 0.15) is 5.82 Å². The summed E-state index contributed by atoms with van der Waals surface area (Å²) in [5.74, 6) is 0.934. The summed E-state index contributed by atoms with van der Waals surface area (Å²) < 4.78 is 0. The Morgan fingerprint density at radius 2 is 1.92 bits per heavy atom. The lowest BCUT2D eigenvalue weighted by Crippen LogP contribution is -2.44. The minimum Gasteiger partial charge on any atom is -0.378 e. The van der Waals surface area contributed by atoms with E-state index in [1.165, 1.54) is 0 Å². The Balaban J connectivity index is 1.56. The van der Waals surface area contributed by atoms with Crippen molar-refractivity contribution in [2.24, 2.45) is 0 Å². The largest absolute Gasteiger partial charge is 0.378 e. The van der Waals surface area contributed by atoms with Crippen molar-refractivity contribution in [2.75, 3.05) is 57.1 Å². The molecule has 6 nitrogen and oxygen atoms in total. The zero-order valence-electron chi connectivity index (χ0n) is 15.8. The molecule has 1 aromatic carbocycles. The van der Waals surface area contributed by atoms with E-state index in [1.54, 1.807) is 0 Å². The lowest BCUT2D eigenvalue weighted by molar-refractivity contribution is 0.0951. The molecule has 3 rings (SSSR count). The van der Waals surface area contributed by atoms with Gasteiger partial charge in [0, 0.05) is 64.3 Å². The molecular weight excluding hydrogens is 326 g/mol. The van der Waals surface area contributed by atoms with Gasteiger partial charge in [0.2, 0.25) is 0 Å². The number of benzene rings is 1. The summed E-state index contributed by atoms with van der Waals surface area (Å²) in [6, 6.07) is 11.7. The average Bonchev–Trinajstić information content (AvgIpc) is 2.67. The summed E-state index contributed by atoms with van der Waals surface area (Å²) in [4.78, 5) is 23.5. The van der Waals surface area contributed by atoms with Gasteiger partial charge in [0.15, 0.2) is 0 Å². The maximum absolute atomic E-state index is 12.4. The van der Waals surface area contributed by atoms with E-state index in [-0.39, 0.29) is 5.91 Å². The Morgan fingerprint density at radius 3 is 2.58 bits per heavy atom. The van der Waals surface area contributed by atoms with Crippen LogP contribution in [0.25, 0.3) is 0 Å². The molecule has 0 bridgehead atoms. The van der Waals surface area contributed by atoms with Crippen LogP contribution in [0.15, 0.2) is 42.6 Å². The van der Waals surface area contributed by atoms with Gasteiger partial charge < -0.3 is 20.0 Å². The molecule has 0 unspecified atom stereocenters. The van der Waals surface area contributed by atoms with Crippen molar-refractivity contribution >= 4 is 17.4 Å². The third kappa shape index (κ3) is 4.52. The first kappa shape index (κ1) is 18.2. The monoisotopic (exact) mass is 353 g/mol. The standard InChI is InChI=1S/C20H27N5O/c1-23(2)18-6-4-5-17(13-18)20(26)22-15-16-7-8-19(21-14-16)25-11-9-24(3)10-12-25/h4-8,13-14H,9-12,15H2,1-3H3,(H,22,26). The number of hydrogen-bond acceptors (Lipinski definition) is 5. The molecule has 1 amide bonds. The molecule has 1 N–H and O–H groups in total. The summed E-state index contributed by atoms with van der Waals surface area (Å²) in [6.45, 7) is 4.60. The van der Waals surface area contributed by atoms with Gasteiger partial charge in [-0.3, -0.25) is 4.79 Å². The first-order valence-electron chi connectivity index (χ1n) is 8.97. The fraction of sp³-hybridized carbons (Fsp3) is 0.400. The Bertz CT molecular complexity index is 736. The lowest BCUT2D eigenvalue weighted by Gasteiger charge is -2.33. The number of likely N-dealkylation sites (N-methyl/N-ethyl adjacent to an activating group) is 1. The second kappa shape index (κ2) is 8.19. The number of amides is 1. The highest BCUT2D eigenvalue weighted by Crippen LogP contribution is 2.15. The molecular formula is C20H27N5O. The van der Waals surface area contributed by atoms with Gasteiger partial charge in [-0.2, -0.15) is 0 Å². The van der Waals surface area contributed by atoms with Crippen LogP contribution in [-0.4, -0.2) is 63.1 Å². The fourth-order valence-electron chi connectivity index (χ4n) is 2.95. The predicted molar refractivity (Wildman–Crippen MR) is 106 cm³/mol. The Labute approximate surface area is 155 Å². The van der Waals surface area contributed by atoms with Gasteiger partial charge in [-0.05, 0) is 36.9 Å². The van der Waals surface area contributed by atoms with E-state index in [2.05, 4.69) is 27.1 Å². The maximum Gasteiger partial charge on any atom is 0.251 e. The number of carbonyl (C=O) groups excluding carboxylic acids is 1. The summed E-state index contributed by atoms with van der Waals surface area (Å²) >= 11 is 0. The highest BCUT2D eigenvalue weighted by molar-refractivity contribution is 5.95. The number of anilines is 2. The fourth-order valence-corrected chi connectivity index (χ4v) is 2.95. The smallest absolute Gasteiger partial charge is 0.251 e. The number of pyridine rings is 1. The van der Waals surface area contributed by atoms with Crippen LogP contribution in [0.1, 0.15) is 15.9 Å². The van der Waals surface area contributed by atoms with E-state index < -0.39 is 0 Å². The third-order valence-electron chi connectivity index (χ3n) is 4.71. The molecule has 1 aliphatic rings. The zero-order chi connectivity index (χ0) is 18.5. The summed E-state index contributed by atoms with van der Waals surface area (Å²) in [5.41, 5.74) is 2.68. The highest BCUT2D eigenvalue weighted by atomic mass is 16.1. The number of aromatic nitrogens is 1. The molecule has 1 fully saturated rings. The van der Waals surface area contributed by atoms with Crippen LogP contribution in [0.4, 0.5) is 11.5 Å². The first-order valence-corrected chi connectivity index (χ1v) is 8.97. The van der Waals surface area contributed by atoms with Crippen LogP contribution in [-0.2, 0) is 6.54 Å². The van der Waals surface area contributed by atoms with Crippen LogP contribution in [0.3, 0.4) is 0 Å². The molecule has 2 heterocycles. The quantitative estimate of drug-likeness (QED) is 0.889. The van der Waals surface area contributed by atoms with Crippen LogP contribution in [0, 0.1) is 0 Å². The van der Waals surface area contributed by atoms with E-state index in [0.717, 1.165) is 43.2 Å². The van der Waals surface area contributed by atoms with Gasteiger partial charge >= 0.3 is 0 Å². The van der Waals surface area contributed by atoms with Crippen molar-refractivity contribution in [3.8, 4) is 0 Å². The van der Waals surface area contributed by atoms with Crippen molar-refractivity contribution in [2.45, 2.75) is 6.54 Å². The molecule has 1 aliphatic heterocycles. The van der Waals surface area contributed by atoms with Crippen LogP contribution in [0.5, 0.6) is 0 Å². The van der Waals surface area contributed by atoms with Gasteiger partial charge in [0.05, 0.1) is 0 Å². The van der Waals surface area contributed by atoms with Crippen LogP contribution in [0.2, 0.25) is 0 Å². The number of nitrogens with zero attached hydrogens (tertiary/aromatic N) is 4. The molecule has 6 heteroatoms. The Kier molecular flexibility index (Phi) is 5.73. The van der Waals surface area contributed by atoms with E-state index in [1.807, 2.05) is 61.6 Å².